The summed E-state index contributed by atoms with van der Waals surface area (Å²) in [5.74, 6) is 1.97. The smallest absolute Gasteiger partial charge is 0.130 e. The fourth-order valence-corrected chi connectivity index (χ4v) is 2.17. The normalized spacial score (nSPS) is 10.3. The molecule has 0 amide bonds. The van der Waals surface area contributed by atoms with E-state index in [-0.39, 0.29) is 0 Å². The average Bonchev–Trinajstić information content (AvgIpc) is 2.41. The van der Waals surface area contributed by atoms with E-state index in [1.807, 2.05) is 24.3 Å². The molecule has 3 heteroatoms. The van der Waals surface area contributed by atoms with Crippen molar-refractivity contribution in [1.29, 1.82) is 5.26 Å². The molecule has 0 saturated heterocycles. The molecule has 0 aliphatic rings. The van der Waals surface area contributed by atoms with Crippen LogP contribution in [0.5, 0.6) is 11.5 Å². The first-order valence-corrected chi connectivity index (χ1v) is 6.87. The molecule has 96 valence electrons. The van der Waals surface area contributed by atoms with Gasteiger partial charge in [0.15, 0.2) is 0 Å². The summed E-state index contributed by atoms with van der Waals surface area (Å²) < 4.78 is 6.94. The minimum Gasteiger partial charge on any atom is -0.457 e. The molecule has 0 saturated carbocycles. The largest absolute Gasteiger partial charge is 0.457 e. The zero-order valence-electron chi connectivity index (χ0n) is 10.9. The second-order valence-corrected chi connectivity index (χ2v) is 5.49. The summed E-state index contributed by atoms with van der Waals surface area (Å²) in [6, 6.07) is 15.2. The molecule has 0 N–H and O–H groups in total. The summed E-state index contributed by atoms with van der Waals surface area (Å²) in [4.78, 5) is 0. The molecule has 2 rings (SSSR count). The van der Waals surface area contributed by atoms with Crippen LogP contribution in [0.2, 0.25) is 0 Å². The Morgan fingerprint density at radius 1 is 1.11 bits per heavy atom. The SMILES string of the molecule is CC(C)c1cc(Br)ccc1Oc1ccc(C#N)cc1. The second kappa shape index (κ2) is 5.90. The summed E-state index contributed by atoms with van der Waals surface area (Å²) in [6.45, 7) is 4.26. The molecule has 19 heavy (non-hydrogen) atoms. The fraction of sp³-hybridized carbons (Fsp3) is 0.188. The van der Waals surface area contributed by atoms with Gasteiger partial charge in [-0.05, 0) is 53.9 Å². The van der Waals surface area contributed by atoms with Gasteiger partial charge in [0.2, 0.25) is 0 Å². The highest BCUT2D eigenvalue weighted by molar-refractivity contribution is 9.10. The fourth-order valence-electron chi connectivity index (χ4n) is 1.79. The maximum Gasteiger partial charge on any atom is 0.130 e. The van der Waals surface area contributed by atoms with E-state index in [2.05, 4.69) is 41.9 Å². The number of nitrogens with zero attached hydrogens (tertiary/aromatic N) is 1. The minimum atomic E-state index is 0.380. The van der Waals surface area contributed by atoms with Crippen LogP contribution in [0.4, 0.5) is 0 Å². The van der Waals surface area contributed by atoms with Gasteiger partial charge in [0.25, 0.3) is 0 Å². The molecule has 2 aromatic rings. The first-order valence-electron chi connectivity index (χ1n) is 6.07. The van der Waals surface area contributed by atoms with Crippen LogP contribution < -0.4 is 4.74 Å². The van der Waals surface area contributed by atoms with E-state index >= 15 is 0 Å². The van der Waals surface area contributed by atoms with Gasteiger partial charge in [0.1, 0.15) is 11.5 Å². The van der Waals surface area contributed by atoms with E-state index in [0.717, 1.165) is 21.5 Å². The third-order valence-corrected chi connectivity index (χ3v) is 3.30. The Bertz CT molecular complexity index is 612. The van der Waals surface area contributed by atoms with E-state index in [0.29, 0.717) is 11.5 Å². The van der Waals surface area contributed by atoms with Gasteiger partial charge in [-0.1, -0.05) is 29.8 Å². The van der Waals surface area contributed by atoms with Crippen molar-refractivity contribution in [3.05, 3.63) is 58.1 Å². The predicted molar refractivity (Wildman–Crippen MR) is 79.5 cm³/mol. The molecule has 0 spiro atoms. The highest BCUT2D eigenvalue weighted by atomic mass is 79.9. The van der Waals surface area contributed by atoms with E-state index in [4.69, 9.17) is 10.00 Å². The van der Waals surface area contributed by atoms with E-state index in [9.17, 15) is 0 Å². The molecule has 0 radical (unpaired) electrons. The van der Waals surface area contributed by atoms with Crippen molar-refractivity contribution in [3.8, 4) is 17.6 Å². The summed E-state index contributed by atoms with van der Waals surface area (Å²) in [5, 5.41) is 8.77. The van der Waals surface area contributed by atoms with Crippen LogP contribution in [0.15, 0.2) is 46.9 Å². The molecule has 0 atom stereocenters. The molecule has 0 aliphatic carbocycles. The number of benzene rings is 2. The van der Waals surface area contributed by atoms with Crippen LogP contribution in [-0.4, -0.2) is 0 Å². The van der Waals surface area contributed by atoms with Crippen molar-refractivity contribution in [3.63, 3.8) is 0 Å². The summed E-state index contributed by atoms with van der Waals surface area (Å²) in [5.41, 5.74) is 1.78. The van der Waals surface area contributed by atoms with Gasteiger partial charge in [-0.15, -0.1) is 0 Å². The lowest BCUT2D eigenvalue weighted by Gasteiger charge is -2.14. The monoisotopic (exact) mass is 315 g/mol. The molecule has 0 aromatic heterocycles. The molecule has 0 aliphatic heterocycles. The average molecular weight is 316 g/mol. The second-order valence-electron chi connectivity index (χ2n) is 4.58. The first kappa shape index (κ1) is 13.6. The maximum atomic E-state index is 8.77. The molecular weight excluding hydrogens is 302 g/mol. The molecule has 2 aromatic carbocycles. The Morgan fingerprint density at radius 3 is 2.37 bits per heavy atom. The van der Waals surface area contributed by atoms with Gasteiger partial charge in [-0.2, -0.15) is 5.26 Å². The van der Waals surface area contributed by atoms with Crippen LogP contribution in [0.3, 0.4) is 0 Å². The van der Waals surface area contributed by atoms with Crippen molar-refractivity contribution in [1.82, 2.24) is 0 Å². The van der Waals surface area contributed by atoms with Gasteiger partial charge < -0.3 is 4.74 Å². The Hall–Kier alpha value is -1.79. The zero-order chi connectivity index (χ0) is 13.8. The van der Waals surface area contributed by atoms with E-state index < -0.39 is 0 Å². The topological polar surface area (TPSA) is 33.0 Å². The van der Waals surface area contributed by atoms with Crippen molar-refractivity contribution in [2.45, 2.75) is 19.8 Å². The van der Waals surface area contributed by atoms with Crippen LogP contribution in [0.25, 0.3) is 0 Å². The maximum absolute atomic E-state index is 8.77. The van der Waals surface area contributed by atoms with Crippen LogP contribution >= 0.6 is 15.9 Å². The molecule has 0 unspecified atom stereocenters. The Balaban J connectivity index is 2.30. The van der Waals surface area contributed by atoms with Crippen LogP contribution in [0, 0.1) is 11.3 Å². The van der Waals surface area contributed by atoms with Crippen LogP contribution in [0.1, 0.15) is 30.9 Å². The third-order valence-electron chi connectivity index (χ3n) is 2.81. The summed E-state index contributed by atoms with van der Waals surface area (Å²) >= 11 is 3.48. The van der Waals surface area contributed by atoms with Gasteiger partial charge >= 0.3 is 0 Å². The third kappa shape index (κ3) is 3.36. The lowest BCUT2D eigenvalue weighted by atomic mass is 10.0. The summed E-state index contributed by atoms with van der Waals surface area (Å²) in [7, 11) is 0. The van der Waals surface area contributed by atoms with Gasteiger partial charge in [-0.25, -0.2) is 0 Å². The number of rotatable bonds is 3. The molecule has 0 bridgehead atoms. The lowest BCUT2D eigenvalue weighted by molar-refractivity contribution is 0.473. The van der Waals surface area contributed by atoms with Gasteiger partial charge in [-0.3, -0.25) is 0 Å². The van der Waals surface area contributed by atoms with E-state index in [1.54, 1.807) is 12.1 Å². The number of ether oxygens (including phenoxy) is 1. The predicted octanol–water partition coefficient (Wildman–Crippen LogP) is 5.24. The van der Waals surface area contributed by atoms with Gasteiger partial charge in [0.05, 0.1) is 11.6 Å². The highest BCUT2D eigenvalue weighted by Crippen LogP contribution is 2.32. The van der Waals surface area contributed by atoms with Crippen molar-refractivity contribution in [2.75, 3.05) is 0 Å². The molecule has 2 nitrogen and oxygen atoms in total. The summed E-state index contributed by atoms with van der Waals surface area (Å²) in [6.07, 6.45) is 0. The Morgan fingerprint density at radius 2 is 1.79 bits per heavy atom. The van der Waals surface area contributed by atoms with Crippen molar-refractivity contribution >= 4 is 15.9 Å². The lowest BCUT2D eigenvalue weighted by Crippen LogP contribution is -1.94. The van der Waals surface area contributed by atoms with Gasteiger partial charge in [0, 0.05) is 4.47 Å². The standard InChI is InChI=1S/C16H14BrNO/c1-11(2)15-9-13(17)5-8-16(15)19-14-6-3-12(10-18)4-7-14/h3-9,11H,1-2H3. The Labute approximate surface area is 121 Å². The highest BCUT2D eigenvalue weighted by Gasteiger charge is 2.09. The number of hydrogen-bond donors (Lipinski definition) is 0. The van der Waals surface area contributed by atoms with Crippen molar-refractivity contribution in [2.24, 2.45) is 0 Å². The number of hydrogen-bond acceptors (Lipinski definition) is 2. The number of halogens is 1. The number of nitriles is 1. The molecule has 0 heterocycles. The molecule has 0 fully saturated rings. The zero-order valence-corrected chi connectivity index (χ0v) is 12.4. The van der Waals surface area contributed by atoms with Crippen LogP contribution in [-0.2, 0) is 0 Å². The quantitative estimate of drug-likeness (QED) is 0.776. The molecular formula is C16H14BrNO. The van der Waals surface area contributed by atoms with Crippen molar-refractivity contribution < 1.29 is 4.74 Å². The minimum absolute atomic E-state index is 0.380. The Kier molecular flexibility index (Phi) is 4.24. The first-order chi connectivity index (χ1) is 9.10. The van der Waals surface area contributed by atoms with E-state index in [1.165, 1.54) is 0 Å².